The summed E-state index contributed by atoms with van der Waals surface area (Å²) in [5, 5.41) is 21.4. The summed E-state index contributed by atoms with van der Waals surface area (Å²) in [5.41, 5.74) is 2.21. The van der Waals surface area contributed by atoms with Crippen LogP contribution in [0.1, 0.15) is 38.3 Å². The first-order chi connectivity index (χ1) is 13.9. The standard InChI is InChI=1S/C24H33NO4/c1-4-29-24(28)23(27)22(26)21(15-18(2)3)25(16-19-11-7-5-8-12-19)17-20-13-9-6-10-14-20/h5-14,18,21-23,26-27H,4,15-17H2,1-3H3/t21-,22+,23-/m0/s1. The number of nitrogens with zero attached hydrogens (tertiary/aromatic N) is 1. The summed E-state index contributed by atoms with van der Waals surface area (Å²) in [6, 6.07) is 19.6. The van der Waals surface area contributed by atoms with Crippen LogP contribution in [0.5, 0.6) is 0 Å². The summed E-state index contributed by atoms with van der Waals surface area (Å²) >= 11 is 0. The Morgan fingerprint density at radius 2 is 1.41 bits per heavy atom. The lowest BCUT2D eigenvalue weighted by molar-refractivity contribution is -0.162. The molecule has 2 rings (SSSR count). The Balaban J connectivity index is 2.32. The molecule has 158 valence electrons. The van der Waals surface area contributed by atoms with Crippen LogP contribution in [0.3, 0.4) is 0 Å². The van der Waals surface area contributed by atoms with E-state index >= 15 is 0 Å². The van der Waals surface area contributed by atoms with Crippen molar-refractivity contribution in [1.29, 1.82) is 0 Å². The summed E-state index contributed by atoms with van der Waals surface area (Å²) in [6.07, 6.45) is -2.19. The van der Waals surface area contributed by atoms with Gasteiger partial charge < -0.3 is 14.9 Å². The van der Waals surface area contributed by atoms with Crippen molar-refractivity contribution in [3.63, 3.8) is 0 Å². The number of carbonyl (C=O) groups is 1. The highest BCUT2D eigenvalue weighted by atomic mass is 16.5. The molecule has 5 nitrogen and oxygen atoms in total. The molecule has 0 radical (unpaired) electrons. The minimum atomic E-state index is -1.58. The van der Waals surface area contributed by atoms with E-state index in [4.69, 9.17) is 4.74 Å². The van der Waals surface area contributed by atoms with Crippen molar-refractivity contribution in [2.75, 3.05) is 6.61 Å². The third-order valence-corrected chi connectivity index (χ3v) is 4.88. The van der Waals surface area contributed by atoms with Gasteiger partial charge in [-0.1, -0.05) is 74.5 Å². The average Bonchev–Trinajstić information content (AvgIpc) is 2.72. The fraction of sp³-hybridized carbons (Fsp3) is 0.458. The summed E-state index contributed by atoms with van der Waals surface area (Å²) in [6.45, 7) is 7.17. The zero-order valence-corrected chi connectivity index (χ0v) is 17.6. The summed E-state index contributed by atoms with van der Waals surface area (Å²) in [5.74, 6) is -0.508. The lowest BCUT2D eigenvalue weighted by atomic mass is 9.93. The number of carbonyl (C=O) groups excluding carboxylic acids is 1. The van der Waals surface area contributed by atoms with Gasteiger partial charge in [0.25, 0.3) is 0 Å². The van der Waals surface area contributed by atoms with Gasteiger partial charge in [0.2, 0.25) is 0 Å². The Morgan fingerprint density at radius 3 is 1.83 bits per heavy atom. The molecule has 0 amide bonds. The van der Waals surface area contributed by atoms with Gasteiger partial charge in [-0.05, 0) is 30.4 Å². The van der Waals surface area contributed by atoms with Crippen LogP contribution in [0, 0.1) is 5.92 Å². The Hall–Kier alpha value is -2.21. The van der Waals surface area contributed by atoms with E-state index in [0.717, 1.165) is 11.1 Å². The predicted molar refractivity (Wildman–Crippen MR) is 114 cm³/mol. The maximum atomic E-state index is 12.1. The molecule has 0 saturated heterocycles. The van der Waals surface area contributed by atoms with Gasteiger partial charge in [-0.3, -0.25) is 4.90 Å². The van der Waals surface area contributed by atoms with Gasteiger partial charge >= 0.3 is 5.97 Å². The SMILES string of the molecule is CCOC(=O)[C@@H](O)[C@H](O)[C@H](CC(C)C)N(Cc1ccccc1)Cc1ccccc1. The van der Waals surface area contributed by atoms with Crippen molar-refractivity contribution < 1.29 is 19.7 Å². The minimum absolute atomic E-state index is 0.162. The highest BCUT2D eigenvalue weighted by Crippen LogP contribution is 2.23. The summed E-state index contributed by atoms with van der Waals surface area (Å²) in [4.78, 5) is 14.2. The van der Waals surface area contributed by atoms with Crippen molar-refractivity contribution in [1.82, 2.24) is 4.90 Å². The second-order valence-electron chi connectivity index (χ2n) is 7.76. The van der Waals surface area contributed by atoms with Crippen LogP contribution in [0.4, 0.5) is 0 Å². The Labute approximate surface area is 173 Å². The van der Waals surface area contributed by atoms with E-state index in [1.54, 1.807) is 6.92 Å². The highest BCUT2D eigenvalue weighted by molar-refractivity contribution is 5.75. The van der Waals surface area contributed by atoms with Gasteiger partial charge in [-0.2, -0.15) is 0 Å². The first-order valence-corrected chi connectivity index (χ1v) is 10.3. The number of esters is 1. The molecule has 0 spiro atoms. The van der Waals surface area contributed by atoms with Crippen molar-refractivity contribution in [3.8, 4) is 0 Å². The Morgan fingerprint density at radius 1 is 0.931 bits per heavy atom. The molecule has 0 aliphatic rings. The van der Waals surface area contributed by atoms with E-state index in [1.807, 2.05) is 60.7 Å². The molecule has 2 N–H and O–H groups in total. The van der Waals surface area contributed by atoms with Crippen LogP contribution in [0.2, 0.25) is 0 Å². The largest absolute Gasteiger partial charge is 0.464 e. The zero-order valence-electron chi connectivity index (χ0n) is 17.6. The van der Waals surface area contributed by atoms with Gasteiger partial charge in [-0.15, -0.1) is 0 Å². The molecule has 3 atom stereocenters. The van der Waals surface area contributed by atoms with E-state index in [9.17, 15) is 15.0 Å². The number of hydrogen-bond donors (Lipinski definition) is 2. The van der Waals surface area contributed by atoms with Gasteiger partial charge in [-0.25, -0.2) is 4.79 Å². The van der Waals surface area contributed by atoms with Gasteiger partial charge in [0.1, 0.15) is 6.10 Å². The fourth-order valence-corrected chi connectivity index (χ4v) is 3.49. The normalized spacial score (nSPS) is 14.6. The van der Waals surface area contributed by atoms with Crippen LogP contribution >= 0.6 is 0 Å². The molecule has 2 aromatic carbocycles. The Bertz CT molecular complexity index is 679. The molecule has 2 aromatic rings. The molecular formula is C24H33NO4. The molecule has 5 heteroatoms. The molecule has 0 bridgehead atoms. The monoisotopic (exact) mass is 399 g/mol. The molecular weight excluding hydrogens is 366 g/mol. The molecule has 0 heterocycles. The number of hydrogen-bond acceptors (Lipinski definition) is 5. The third kappa shape index (κ3) is 7.28. The average molecular weight is 400 g/mol. The van der Waals surface area contributed by atoms with Gasteiger partial charge in [0, 0.05) is 19.1 Å². The smallest absolute Gasteiger partial charge is 0.337 e. The number of rotatable bonds is 11. The molecule has 0 saturated carbocycles. The number of benzene rings is 2. The lowest BCUT2D eigenvalue weighted by Gasteiger charge is -2.37. The maximum Gasteiger partial charge on any atom is 0.337 e. The van der Waals surface area contributed by atoms with E-state index in [-0.39, 0.29) is 12.5 Å². The number of aliphatic hydroxyl groups is 2. The molecule has 0 aliphatic heterocycles. The van der Waals surface area contributed by atoms with E-state index in [0.29, 0.717) is 19.5 Å². The second kappa shape index (κ2) is 11.7. The van der Waals surface area contributed by atoms with Gasteiger partial charge in [0.15, 0.2) is 6.10 Å². The van der Waals surface area contributed by atoms with E-state index in [2.05, 4.69) is 18.7 Å². The first kappa shape index (κ1) is 23.1. The van der Waals surface area contributed by atoms with Crippen LogP contribution in [0.25, 0.3) is 0 Å². The highest BCUT2D eigenvalue weighted by Gasteiger charge is 2.36. The summed E-state index contributed by atoms with van der Waals surface area (Å²) in [7, 11) is 0. The molecule has 0 unspecified atom stereocenters. The third-order valence-electron chi connectivity index (χ3n) is 4.88. The quantitative estimate of drug-likeness (QED) is 0.567. The molecule has 0 aromatic heterocycles. The van der Waals surface area contributed by atoms with Crippen LogP contribution < -0.4 is 0 Å². The first-order valence-electron chi connectivity index (χ1n) is 10.3. The maximum absolute atomic E-state index is 12.1. The fourth-order valence-electron chi connectivity index (χ4n) is 3.49. The topological polar surface area (TPSA) is 70.0 Å². The van der Waals surface area contributed by atoms with Crippen LogP contribution in [-0.2, 0) is 22.6 Å². The van der Waals surface area contributed by atoms with E-state index in [1.165, 1.54) is 0 Å². The predicted octanol–water partition coefficient (Wildman–Crippen LogP) is 3.39. The molecule has 0 fully saturated rings. The molecule has 0 aliphatic carbocycles. The van der Waals surface area contributed by atoms with Crippen LogP contribution in [-0.4, -0.2) is 45.9 Å². The van der Waals surface area contributed by atoms with E-state index < -0.39 is 24.2 Å². The lowest BCUT2D eigenvalue weighted by Crippen LogP contribution is -2.51. The van der Waals surface area contributed by atoms with Crippen LogP contribution in [0.15, 0.2) is 60.7 Å². The van der Waals surface area contributed by atoms with Crippen molar-refractivity contribution in [3.05, 3.63) is 71.8 Å². The minimum Gasteiger partial charge on any atom is -0.464 e. The van der Waals surface area contributed by atoms with Crippen molar-refractivity contribution in [2.24, 2.45) is 5.92 Å². The Kier molecular flexibility index (Phi) is 9.32. The second-order valence-corrected chi connectivity index (χ2v) is 7.76. The van der Waals surface area contributed by atoms with Crippen molar-refractivity contribution in [2.45, 2.75) is 58.5 Å². The van der Waals surface area contributed by atoms with Crippen molar-refractivity contribution >= 4 is 5.97 Å². The van der Waals surface area contributed by atoms with Gasteiger partial charge in [0.05, 0.1) is 6.61 Å². The zero-order chi connectivity index (χ0) is 21.2. The number of aliphatic hydroxyl groups excluding tert-OH is 2. The molecule has 29 heavy (non-hydrogen) atoms. The number of ether oxygens (including phenoxy) is 1. The summed E-state index contributed by atoms with van der Waals surface area (Å²) < 4.78 is 4.93.